The summed E-state index contributed by atoms with van der Waals surface area (Å²) in [5, 5.41) is 3.32. The van der Waals surface area contributed by atoms with Crippen molar-refractivity contribution in [2.24, 2.45) is 0 Å². The van der Waals surface area contributed by atoms with Gasteiger partial charge in [-0.15, -0.1) is 0 Å². The van der Waals surface area contributed by atoms with Crippen molar-refractivity contribution in [3.05, 3.63) is 48.0 Å². The molecule has 0 aromatic heterocycles. The van der Waals surface area contributed by atoms with Gasteiger partial charge in [-0.1, -0.05) is 13.8 Å². The van der Waals surface area contributed by atoms with Gasteiger partial charge in [0.2, 0.25) is 6.79 Å². The van der Waals surface area contributed by atoms with Crippen molar-refractivity contribution in [2.75, 3.05) is 45.3 Å². The number of nitrogens with zero attached hydrogens (tertiary/aromatic N) is 2. The van der Waals surface area contributed by atoms with Crippen molar-refractivity contribution in [3.8, 4) is 11.5 Å². The van der Waals surface area contributed by atoms with Crippen molar-refractivity contribution in [3.63, 3.8) is 0 Å². The zero-order valence-corrected chi connectivity index (χ0v) is 16.2. The van der Waals surface area contributed by atoms with E-state index in [1.165, 1.54) is 0 Å². The molecule has 1 aliphatic heterocycles. The average Bonchev–Trinajstić information content (AvgIpc) is 3.16. The maximum atomic E-state index is 12.6. The molecule has 0 unspecified atom stereocenters. The van der Waals surface area contributed by atoms with E-state index in [0.29, 0.717) is 5.56 Å². The summed E-state index contributed by atoms with van der Waals surface area (Å²) in [5.74, 6) is 1.53. The monoisotopic (exact) mass is 369 g/mol. The van der Waals surface area contributed by atoms with Crippen LogP contribution in [0.15, 0.2) is 42.5 Å². The summed E-state index contributed by atoms with van der Waals surface area (Å²) in [6, 6.07) is 13.3. The fourth-order valence-electron chi connectivity index (χ4n) is 2.99. The third-order valence-electron chi connectivity index (χ3n) is 4.79. The van der Waals surface area contributed by atoms with Crippen LogP contribution in [0.5, 0.6) is 11.5 Å². The number of benzene rings is 2. The lowest BCUT2D eigenvalue weighted by Crippen LogP contribution is -2.36. The molecule has 0 spiro atoms. The second kappa shape index (κ2) is 8.77. The minimum absolute atomic E-state index is 0.0387. The maximum Gasteiger partial charge on any atom is 0.253 e. The van der Waals surface area contributed by atoms with Gasteiger partial charge in [0.25, 0.3) is 5.91 Å². The number of fused-ring (bicyclic) bond motifs is 1. The summed E-state index contributed by atoms with van der Waals surface area (Å²) in [6.45, 7) is 8.14. The molecule has 1 aliphatic rings. The molecule has 0 aliphatic carbocycles. The Morgan fingerprint density at radius 1 is 0.963 bits per heavy atom. The van der Waals surface area contributed by atoms with E-state index in [2.05, 4.69) is 24.1 Å². The minimum Gasteiger partial charge on any atom is -0.454 e. The van der Waals surface area contributed by atoms with E-state index in [0.717, 1.165) is 49.1 Å². The summed E-state index contributed by atoms with van der Waals surface area (Å²) in [5.41, 5.74) is 2.51. The van der Waals surface area contributed by atoms with Crippen molar-refractivity contribution >= 4 is 17.3 Å². The quantitative estimate of drug-likeness (QED) is 0.771. The smallest absolute Gasteiger partial charge is 0.253 e. The number of ether oxygens (including phenoxy) is 2. The standard InChI is InChI=1S/C21H27N3O3/c1-4-24(5-2)13-12-23(3)21(25)16-6-8-17(9-7-16)22-18-10-11-19-20(14-18)27-15-26-19/h6-11,14,22H,4-5,12-13,15H2,1-3H3. The molecular weight excluding hydrogens is 342 g/mol. The van der Waals surface area contributed by atoms with Gasteiger partial charge < -0.3 is 24.6 Å². The number of hydrogen-bond donors (Lipinski definition) is 1. The van der Waals surface area contributed by atoms with Crippen molar-refractivity contribution in [1.29, 1.82) is 0 Å². The van der Waals surface area contributed by atoms with Gasteiger partial charge >= 0.3 is 0 Å². The highest BCUT2D eigenvalue weighted by atomic mass is 16.7. The highest BCUT2D eigenvalue weighted by molar-refractivity contribution is 5.94. The zero-order valence-electron chi connectivity index (χ0n) is 16.2. The Labute approximate surface area is 160 Å². The van der Waals surface area contributed by atoms with Gasteiger partial charge in [0.05, 0.1) is 0 Å². The van der Waals surface area contributed by atoms with Crippen LogP contribution in [0.3, 0.4) is 0 Å². The lowest BCUT2D eigenvalue weighted by Gasteiger charge is -2.23. The molecule has 0 fully saturated rings. The normalized spacial score (nSPS) is 12.3. The number of rotatable bonds is 8. The molecule has 6 heteroatoms. The lowest BCUT2D eigenvalue weighted by molar-refractivity contribution is 0.0780. The maximum absolute atomic E-state index is 12.6. The minimum atomic E-state index is 0.0387. The molecular formula is C21H27N3O3. The highest BCUT2D eigenvalue weighted by Crippen LogP contribution is 2.35. The number of amides is 1. The third-order valence-corrected chi connectivity index (χ3v) is 4.79. The first-order valence-electron chi connectivity index (χ1n) is 9.35. The fraction of sp³-hybridized carbons (Fsp3) is 0.381. The van der Waals surface area contributed by atoms with Crippen LogP contribution in [0, 0.1) is 0 Å². The number of hydrogen-bond acceptors (Lipinski definition) is 5. The Balaban J connectivity index is 1.58. The van der Waals surface area contributed by atoms with E-state index in [4.69, 9.17) is 9.47 Å². The van der Waals surface area contributed by atoms with E-state index in [1.54, 1.807) is 4.90 Å². The third kappa shape index (κ3) is 4.71. The van der Waals surface area contributed by atoms with E-state index >= 15 is 0 Å². The average molecular weight is 369 g/mol. The Bertz CT molecular complexity index is 773. The van der Waals surface area contributed by atoms with Crippen LogP contribution in [-0.2, 0) is 0 Å². The second-order valence-electron chi connectivity index (χ2n) is 6.52. The fourth-order valence-corrected chi connectivity index (χ4v) is 2.99. The van der Waals surface area contributed by atoms with Crippen molar-refractivity contribution < 1.29 is 14.3 Å². The highest BCUT2D eigenvalue weighted by Gasteiger charge is 2.14. The molecule has 0 saturated carbocycles. The summed E-state index contributed by atoms with van der Waals surface area (Å²) in [6.07, 6.45) is 0. The lowest BCUT2D eigenvalue weighted by atomic mass is 10.1. The predicted octanol–water partition coefficient (Wildman–Crippen LogP) is 3.57. The molecule has 6 nitrogen and oxygen atoms in total. The number of anilines is 2. The molecule has 2 aromatic rings. The van der Waals surface area contributed by atoms with Crippen molar-refractivity contribution in [1.82, 2.24) is 9.80 Å². The summed E-state index contributed by atoms with van der Waals surface area (Å²) in [4.78, 5) is 16.7. The van der Waals surface area contributed by atoms with Crippen LogP contribution in [0.25, 0.3) is 0 Å². The molecule has 27 heavy (non-hydrogen) atoms. The largest absolute Gasteiger partial charge is 0.454 e. The van der Waals surface area contributed by atoms with Gasteiger partial charge in [-0.2, -0.15) is 0 Å². The summed E-state index contributed by atoms with van der Waals surface area (Å²) >= 11 is 0. The van der Waals surface area contributed by atoms with Gasteiger partial charge in [0.15, 0.2) is 11.5 Å². The molecule has 0 bridgehead atoms. The van der Waals surface area contributed by atoms with Crippen LogP contribution in [0.2, 0.25) is 0 Å². The number of likely N-dealkylation sites (N-methyl/N-ethyl adjacent to an activating group) is 2. The summed E-state index contributed by atoms with van der Waals surface area (Å²) in [7, 11) is 1.85. The zero-order chi connectivity index (χ0) is 19.2. The Hall–Kier alpha value is -2.73. The Morgan fingerprint density at radius 3 is 2.33 bits per heavy atom. The molecule has 3 rings (SSSR count). The predicted molar refractivity (Wildman–Crippen MR) is 107 cm³/mol. The summed E-state index contributed by atoms with van der Waals surface area (Å²) < 4.78 is 10.7. The SMILES string of the molecule is CCN(CC)CCN(C)C(=O)c1ccc(Nc2ccc3c(c2)OCO3)cc1. The van der Waals surface area contributed by atoms with Crippen LogP contribution < -0.4 is 14.8 Å². The first-order chi connectivity index (χ1) is 13.1. The first kappa shape index (κ1) is 19.0. The van der Waals surface area contributed by atoms with E-state index in [-0.39, 0.29) is 12.7 Å². The van der Waals surface area contributed by atoms with E-state index < -0.39 is 0 Å². The van der Waals surface area contributed by atoms with Crippen LogP contribution in [-0.4, -0.2) is 55.7 Å². The number of carbonyl (C=O) groups is 1. The molecule has 0 atom stereocenters. The molecule has 1 amide bonds. The van der Waals surface area contributed by atoms with E-state index in [9.17, 15) is 4.79 Å². The number of nitrogens with one attached hydrogen (secondary N) is 1. The molecule has 2 aromatic carbocycles. The van der Waals surface area contributed by atoms with Crippen LogP contribution in [0.1, 0.15) is 24.2 Å². The molecule has 1 N–H and O–H groups in total. The van der Waals surface area contributed by atoms with Crippen LogP contribution in [0.4, 0.5) is 11.4 Å². The molecule has 0 saturated heterocycles. The van der Waals surface area contributed by atoms with Gasteiger partial charge in [-0.05, 0) is 49.5 Å². The first-order valence-corrected chi connectivity index (χ1v) is 9.35. The van der Waals surface area contributed by atoms with Gasteiger partial charge in [-0.25, -0.2) is 0 Å². The molecule has 0 radical (unpaired) electrons. The van der Waals surface area contributed by atoms with Gasteiger partial charge in [0.1, 0.15) is 0 Å². The van der Waals surface area contributed by atoms with E-state index in [1.807, 2.05) is 49.5 Å². The van der Waals surface area contributed by atoms with Crippen molar-refractivity contribution in [2.45, 2.75) is 13.8 Å². The molecule has 1 heterocycles. The Morgan fingerprint density at radius 2 is 1.63 bits per heavy atom. The number of carbonyl (C=O) groups excluding carboxylic acids is 1. The topological polar surface area (TPSA) is 54.0 Å². The second-order valence-corrected chi connectivity index (χ2v) is 6.52. The molecule has 144 valence electrons. The Kier molecular flexibility index (Phi) is 6.19. The van der Waals surface area contributed by atoms with Gasteiger partial charge in [-0.3, -0.25) is 4.79 Å². The van der Waals surface area contributed by atoms with Crippen LogP contribution >= 0.6 is 0 Å². The van der Waals surface area contributed by atoms with Gasteiger partial charge in [0, 0.05) is 43.1 Å².